The Bertz CT molecular complexity index is 781. The van der Waals surface area contributed by atoms with E-state index in [-0.39, 0.29) is 18.1 Å². The zero-order chi connectivity index (χ0) is 18.4. The number of nitrogens with two attached hydrogens (primary N) is 1. The number of fused-ring (bicyclic) bond motifs is 1. The van der Waals surface area contributed by atoms with Gasteiger partial charge in [0.15, 0.2) is 0 Å². The van der Waals surface area contributed by atoms with Crippen molar-refractivity contribution in [3.05, 3.63) is 52.9 Å². The van der Waals surface area contributed by atoms with Crippen molar-refractivity contribution >= 4 is 0 Å². The van der Waals surface area contributed by atoms with Crippen molar-refractivity contribution in [3.63, 3.8) is 0 Å². The predicted octanol–water partition coefficient (Wildman–Crippen LogP) is 1.10. The molecule has 26 heavy (non-hydrogen) atoms. The summed E-state index contributed by atoms with van der Waals surface area (Å²) < 4.78 is 27.6. The Morgan fingerprint density at radius 1 is 1.27 bits per heavy atom. The molecule has 0 bridgehead atoms. The highest BCUT2D eigenvalue weighted by Crippen LogP contribution is 2.30. The quantitative estimate of drug-likeness (QED) is 0.856. The van der Waals surface area contributed by atoms with Crippen LogP contribution in [0.1, 0.15) is 29.3 Å². The summed E-state index contributed by atoms with van der Waals surface area (Å²) in [6, 6.07) is 3.13. The van der Waals surface area contributed by atoms with E-state index in [1.165, 1.54) is 11.6 Å². The molecule has 2 aromatic rings. The van der Waals surface area contributed by atoms with Gasteiger partial charge in [0.25, 0.3) is 0 Å². The number of nitrogens with zero attached hydrogens (tertiary/aromatic N) is 4. The van der Waals surface area contributed by atoms with Crippen LogP contribution in [0, 0.1) is 11.6 Å². The molecule has 2 aliphatic rings. The first-order valence-electron chi connectivity index (χ1n) is 8.85. The van der Waals surface area contributed by atoms with Crippen LogP contribution in [0.25, 0.3) is 0 Å². The Labute approximate surface area is 151 Å². The molecule has 8 heteroatoms. The van der Waals surface area contributed by atoms with Crippen LogP contribution in [0.4, 0.5) is 8.78 Å². The molecule has 3 heterocycles. The summed E-state index contributed by atoms with van der Waals surface area (Å²) in [4.78, 5) is 4.19. The summed E-state index contributed by atoms with van der Waals surface area (Å²) >= 11 is 0. The Morgan fingerprint density at radius 3 is 2.77 bits per heavy atom. The van der Waals surface area contributed by atoms with Gasteiger partial charge < -0.3 is 16.1 Å². The van der Waals surface area contributed by atoms with Crippen molar-refractivity contribution in [1.82, 2.24) is 20.1 Å². The number of aromatic nitrogens is 2. The molecule has 1 aromatic carbocycles. The molecule has 0 radical (unpaired) electrons. The molecule has 0 aliphatic carbocycles. The van der Waals surface area contributed by atoms with E-state index in [2.05, 4.69) is 21.5 Å². The largest absolute Gasteiger partial charge is 0.326 e. The number of halogens is 2. The maximum Gasteiger partial charge on any atom is 0.128 e. The van der Waals surface area contributed by atoms with E-state index in [1.54, 1.807) is 0 Å². The second-order valence-electron chi connectivity index (χ2n) is 7.38. The maximum atomic E-state index is 14.1. The van der Waals surface area contributed by atoms with Crippen LogP contribution >= 0.6 is 0 Å². The van der Waals surface area contributed by atoms with Crippen LogP contribution in [0.5, 0.6) is 0 Å². The molecule has 2 aliphatic heterocycles. The van der Waals surface area contributed by atoms with Crippen molar-refractivity contribution in [1.29, 1.82) is 0 Å². The van der Waals surface area contributed by atoms with Gasteiger partial charge in [-0.15, -0.1) is 0 Å². The maximum absolute atomic E-state index is 14.1. The van der Waals surface area contributed by atoms with Gasteiger partial charge in [0, 0.05) is 56.9 Å². The highest BCUT2D eigenvalue weighted by Gasteiger charge is 2.36. The first-order valence-corrected chi connectivity index (χ1v) is 8.85. The summed E-state index contributed by atoms with van der Waals surface area (Å²) in [5.74, 6) is -0.864. The topological polar surface area (TPSA) is 62.4 Å². The predicted molar refractivity (Wildman–Crippen MR) is 95.0 cm³/mol. The van der Waals surface area contributed by atoms with E-state index < -0.39 is 11.6 Å². The highest BCUT2D eigenvalue weighted by molar-refractivity contribution is 5.26. The standard InChI is InChI=1S/C18H24F2N6/c1-24(2)26-9-11-8-25(10-17(11)23-26)13-6-16(21)18(22-7-13)14-5-12(19)3-4-15(14)20/h3-5,9,13,16,18,22H,6-8,10,21H2,1-2H3/t13?,16?,18-/m1/s1. The Kier molecular flexibility index (Phi) is 4.42. The Hall–Kier alpha value is -2.03. The minimum atomic E-state index is -0.444. The number of nitrogens with one attached hydrogen (secondary N) is 1. The van der Waals surface area contributed by atoms with E-state index >= 15 is 0 Å². The summed E-state index contributed by atoms with van der Waals surface area (Å²) in [7, 11) is 3.91. The van der Waals surface area contributed by atoms with Crippen molar-refractivity contribution in [3.8, 4) is 0 Å². The molecule has 0 amide bonds. The van der Waals surface area contributed by atoms with Crippen molar-refractivity contribution < 1.29 is 8.78 Å². The van der Waals surface area contributed by atoms with Gasteiger partial charge >= 0.3 is 0 Å². The lowest BCUT2D eigenvalue weighted by Gasteiger charge is -2.39. The lowest BCUT2D eigenvalue weighted by atomic mass is 9.89. The molecule has 1 aromatic heterocycles. The average molecular weight is 362 g/mol. The molecule has 4 rings (SSSR count). The lowest BCUT2D eigenvalue weighted by Crippen LogP contribution is -2.54. The molecule has 0 saturated carbocycles. The number of hydrogen-bond donors (Lipinski definition) is 2. The van der Waals surface area contributed by atoms with Crippen LogP contribution in [0.3, 0.4) is 0 Å². The highest BCUT2D eigenvalue weighted by atomic mass is 19.1. The molecular formula is C18H24F2N6. The summed E-state index contributed by atoms with van der Waals surface area (Å²) in [5, 5.41) is 9.85. The van der Waals surface area contributed by atoms with Gasteiger partial charge in [-0.1, -0.05) is 0 Å². The van der Waals surface area contributed by atoms with Crippen LogP contribution in [-0.4, -0.2) is 47.5 Å². The third kappa shape index (κ3) is 3.08. The fraction of sp³-hybridized carbons (Fsp3) is 0.500. The first kappa shape index (κ1) is 17.4. The van der Waals surface area contributed by atoms with Crippen LogP contribution < -0.4 is 16.1 Å². The first-order chi connectivity index (χ1) is 12.4. The third-order valence-electron chi connectivity index (χ3n) is 5.36. The fourth-order valence-electron chi connectivity index (χ4n) is 3.95. The molecular weight excluding hydrogens is 338 g/mol. The minimum absolute atomic E-state index is 0.250. The number of piperidine rings is 1. The molecule has 1 saturated heterocycles. The van der Waals surface area contributed by atoms with E-state index in [9.17, 15) is 8.78 Å². The van der Waals surface area contributed by atoms with Gasteiger partial charge in [-0.05, 0) is 24.6 Å². The normalized spacial score (nSPS) is 26.1. The molecule has 1 fully saturated rings. The fourth-order valence-corrected chi connectivity index (χ4v) is 3.95. The van der Waals surface area contributed by atoms with Crippen molar-refractivity contribution in [2.45, 2.75) is 37.6 Å². The van der Waals surface area contributed by atoms with Crippen molar-refractivity contribution in [2.75, 3.05) is 25.6 Å². The number of hydrogen-bond acceptors (Lipinski definition) is 5. The molecule has 3 atom stereocenters. The summed E-state index contributed by atoms with van der Waals surface area (Å²) in [6.45, 7) is 2.31. The van der Waals surface area contributed by atoms with Gasteiger partial charge in [0.05, 0.1) is 17.9 Å². The van der Waals surface area contributed by atoms with E-state index in [1.807, 2.05) is 23.9 Å². The van der Waals surface area contributed by atoms with E-state index in [0.29, 0.717) is 12.1 Å². The van der Waals surface area contributed by atoms with Gasteiger partial charge in [-0.2, -0.15) is 9.89 Å². The molecule has 3 N–H and O–H groups in total. The minimum Gasteiger partial charge on any atom is -0.326 e. The van der Waals surface area contributed by atoms with Crippen LogP contribution in [0.2, 0.25) is 0 Å². The lowest BCUT2D eigenvalue weighted by molar-refractivity contribution is 0.137. The summed E-state index contributed by atoms with van der Waals surface area (Å²) in [6.07, 6.45) is 2.78. The van der Waals surface area contributed by atoms with Crippen LogP contribution in [0.15, 0.2) is 24.4 Å². The monoisotopic (exact) mass is 362 g/mol. The number of benzene rings is 1. The number of rotatable bonds is 3. The second kappa shape index (κ2) is 6.61. The van der Waals surface area contributed by atoms with Gasteiger partial charge in [0.2, 0.25) is 0 Å². The average Bonchev–Trinajstić information content (AvgIpc) is 3.16. The van der Waals surface area contributed by atoms with Gasteiger partial charge in [0.1, 0.15) is 11.6 Å². The Balaban J connectivity index is 1.43. The zero-order valence-corrected chi connectivity index (χ0v) is 15.0. The third-order valence-corrected chi connectivity index (χ3v) is 5.36. The van der Waals surface area contributed by atoms with Crippen molar-refractivity contribution in [2.24, 2.45) is 5.73 Å². The van der Waals surface area contributed by atoms with Gasteiger partial charge in [-0.25, -0.2) is 8.78 Å². The smallest absolute Gasteiger partial charge is 0.128 e. The SMILES string of the molecule is CN(C)n1cc2c(n1)CN(C1CN[C@H](c3cc(F)ccc3F)C(N)C1)C2. The summed E-state index contributed by atoms with van der Waals surface area (Å²) in [5.41, 5.74) is 8.95. The molecule has 6 nitrogen and oxygen atoms in total. The Morgan fingerprint density at radius 2 is 2.08 bits per heavy atom. The molecule has 140 valence electrons. The second-order valence-corrected chi connectivity index (χ2v) is 7.38. The van der Waals surface area contributed by atoms with E-state index in [4.69, 9.17) is 5.73 Å². The van der Waals surface area contributed by atoms with E-state index in [0.717, 1.165) is 37.3 Å². The zero-order valence-electron chi connectivity index (χ0n) is 15.0. The molecule has 2 unspecified atom stereocenters. The van der Waals surface area contributed by atoms with Gasteiger partial charge in [-0.3, -0.25) is 4.90 Å². The van der Waals surface area contributed by atoms with Crippen LogP contribution in [-0.2, 0) is 13.1 Å². The molecule has 0 spiro atoms.